The number of carbonyl (C=O) groups is 1. The van der Waals surface area contributed by atoms with Crippen LogP contribution in [0.4, 0.5) is 6.01 Å². The van der Waals surface area contributed by atoms with Crippen LogP contribution in [0.2, 0.25) is 0 Å². The third-order valence-corrected chi connectivity index (χ3v) is 4.34. The first kappa shape index (κ1) is 16.4. The summed E-state index contributed by atoms with van der Waals surface area (Å²) in [5.41, 5.74) is 0.627. The summed E-state index contributed by atoms with van der Waals surface area (Å²) in [6.07, 6.45) is 2.01. The van der Waals surface area contributed by atoms with Crippen molar-refractivity contribution in [1.82, 2.24) is 10.3 Å². The zero-order valence-corrected chi connectivity index (χ0v) is 14.1. The number of rotatable bonds is 3. The van der Waals surface area contributed by atoms with E-state index in [1.807, 2.05) is 0 Å². The first-order valence-corrected chi connectivity index (χ1v) is 8.06. The van der Waals surface area contributed by atoms with Gasteiger partial charge in [-0.2, -0.15) is 4.98 Å². The summed E-state index contributed by atoms with van der Waals surface area (Å²) in [5.74, 6) is 0.841. The minimum absolute atomic E-state index is 0.0176. The van der Waals surface area contributed by atoms with Crippen LogP contribution in [0.25, 0.3) is 0 Å². The Labute approximate surface area is 139 Å². The number of anilines is 1. The highest BCUT2D eigenvalue weighted by molar-refractivity contribution is 6.03. The smallest absolute Gasteiger partial charge is 0.349 e. The number of oxazole rings is 1. The van der Waals surface area contributed by atoms with Gasteiger partial charge in [0.05, 0.1) is 5.69 Å². The molecule has 2 aromatic rings. The standard InChI is InChI=1S/C17H21N3O4/c1-9-7-13(12-5-4-6-18-8-12)24-16(22)14(9)15(21)20-17-19-10(2)11(3)23-17/h7,12,18H,4-6,8H2,1-3H3,(H,19,20,21). The minimum atomic E-state index is -0.631. The quantitative estimate of drug-likeness (QED) is 0.895. The average molecular weight is 331 g/mol. The van der Waals surface area contributed by atoms with Gasteiger partial charge >= 0.3 is 11.6 Å². The molecule has 7 heteroatoms. The second-order valence-corrected chi connectivity index (χ2v) is 6.15. The third-order valence-electron chi connectivity index (χ3n) is 4.34. The SMILES string of the molecule is Cc1cc(C2CCCNC2)oc(=O)c1C(=O)Nc1nc(C)c(C)o1. The first-order valence-electron chi connectivity index (χ1n) is 8.06. The van der Waals surface area contributed by atoms with Crippen molar-refractivity contribution in [3.05, 3.63) is 44.8 Å². The fourth-order valence-corrected chi connectivity index (χ4v) is 2.89. The van der Waals surface area contributed by atoms with Crippen molar-refractivity contribution >= 4 is 11.9 Å². The van der Waals surface area contributed by atoms with Crippen LogP contribution in [0.5, 0.6) is 0 Å². The van der Waals surface area contributed by atoms with Crippen LogP contribution in [0.1, 0.15) is 51.9 Å². The number of amides is 1. The van der Waals surface area contributed by atoms with Gasteiger partial charge in [-0.05, 0) is 51.8 Å². The van der Waals surface area contributed by atoms with Crippen LogP contribution in [0, 0.1) is 20.8 Å². The molecule has 1 unspecified atom stereocenters. The number of nitrogens with zero attached hydrogens (tertiary/aromatic N) is 1. The molecule has 1 amide bonds. The number of hydrogen-bond acceptors (Lipinski definition) is 6. The summed E-state index contributed by atoms with van der Waals surface area (Å²) in [6, 6.07) is 1.86. The van der Waals surface area contributed by atoms with E-state index in [2.05, 4.69) is 15.6 Å². The summed E-state index contributed by atoms with van der Waals surface area (Å²) in [5, 5.41) is 5.80. The number of aromatic nitrogens is 1. The monoisotopic (exact) mass is 331 g/mol. The largest absolute Gasteiger partial charge is 0.428 e. The van der Waals surface area contributed by atoms with Gasteiger partial charge in [0.1, 0.15) is 17.1 Å². The first-order chi connectivity index (χ1) is 11.5. The zero-order valence-electron chi connectivity index (χ0n) is 14.1. The molecular weight excluding hydrogens is 310 g/mol. The molecule has 1 saturated heterocycles. The molecule has 1 aliphatic rings. The Morgan fingerprint density at radius 1 is 1.33 bits per heavy atom. The van der Waals surface area contributed by atoms with Gasteiger partial charge in [0, 0.05) is 12.5 Å². The average Bonchev–Trinajstić information content (AvgIpc) is 2.85. The summed E-state index contributed by atoms with van der Waals surface area (Å²) in [4.78, 5) is 28.8. The molecule has 2 N–H and O–H groups in total. The van der Waals surface area contributed by atoms with Gasteiger partial charge in [0.25, 0.3) is 5.91 Å². The predicted molar refractivity (Wildman–Crippen MR) is 88.5 cm³/mol. The van der Waals surface area contributed by atoms with E-state index in [4.69, 9.17) is 8.83 Å². The molecular formula is C17H21N3O4. The van der Waals surface area contributed by atoms with Crippen LogP contribution >= 0.6 is 0 Å². The summed E-state index contributed by atoms with van der Waals surface area (Å²) >= 11 is 0. The second kappa shape index (κ2) is 6.60. The number of carbonyl (C=O) groups excluding carboxylic acids is 1. The molecule has 0 aliphatic carbocycles. The van der Waals surface area contributed by atoms with Crippen molar-refractivity contribution in [3.8, 4) is 0 Å². The summed E-state index contributed by atoms with van der Waals surface area (Å²) < 4.78 is 10.7. The maximum Gasteiger partial charge on any atom is 0.349 e. The zero-order chi connectivity index (χ0) is 17.3. The number of piperidine rings is 1. The van der Waals surface area contributed by atoms with E-state index in [0.29, 0.717) is 22.8 Å². The molecule has 0 saturated carbocycles. The lowest BCUT2D eigenvalue weighted by atomic mass is 9.95. The molecule has 128 valence electrons. The molecule has 1 atom stereocenters. The van der Waals surface area contributed by atoms with Gasteiger partial charge in [-0.1, -0.05) is 0 Å². The highest BCUT2D eigenvalue weighted by atomic mass is 16.4. The van der Waals surface area contributed by atoms with Crippen LogP contribution in [0.3, 0.4) is 0 Å². The van der Waals surface area contributed by atoms with Crippen molar-refractivity contribution in [2.24, 2.45) is 0 Å². The van der Waals surface area contributed by atoms with Crippen molar-refractivity contribution in [2.75, 3.05) is 18.4 Å². The van der Waals surface area contributed by atoms with Crippen molar-refractivity contribution in [2.45, 2.75) is 39.5 Å². The van der Waals surface area contributed by atoms with Crippen molar-refractivity contribution in [3.63, 3.8) is 0 Å². The number of nitrogens with one attached hydrogen (secondary N) is 2. The van der Waals surface area contributed by atoms with Crippen LogP contribution in [0.15, 0.2) is 19.7 Å². The Kier molecular flexibility index (Phi) is 4.53. The highest BCUT2D eigenvalue weighted by Gasteiger charge is 2.23. The lowest BCUT2D eigenvalue weighted by molar-refractivity contribution is 0.101. The Hall–Kier alpha value is -2.41. The molecule has 0 radical (unpaired) electrons. The number of hydrogen-bond donors (Lipinski definition) is 2. The Morgan fingerprint density at radius 3 is 2.71 bits per heavy atom. The van der Waals surface area contributed by atoms with E-state index in [9.17, 15) is 9.59 Å². The molecule has 3 rings (SSSR count). The fourth-order valence-electron chi connectivity index (χ4n) is 2.89. The van der Waals surface area contributed by atoms with E-state index in [1.54, 1.807) is 26.8 Å². The lowest BCUT2D eigenvalue weighted by Crippen LogP contribution is -2.30. The van der Waals surface area contributed by atoms with Crippen LogP contribution in [-0.2, 0) is 0 Å². The maximum atomic E-state index is 12.4. The van der Waals surface area contributed by atoms with Gasteiger partial charge in [0.15, 0.2) is 0 Å². The van der Waals surface area contributed by atoms with Gasteiger partial charge in [-0.3, -0.25) is 10.1 Å². The van der Waals surface area contributed by atoms with E-state index < -0.39 is 11.5 Å². The topological polar surface area (TPSA) is 97.4 Å². The van der Waals surface area contributed by atoms with E-state index in [0.717, 1.165) is 25.9 Å². The van der Waals surface area contributed by atoms with Gasteiger partial charge in [-0.25, -0.2) is 4.79 Å². The van der Waals surface area contributed by atoms with Gasteiger partial charge in [-0.15, -0.1) is 0 Å². The fraction of sp³-hybridized carbons (Fsp3) is 0.471. The Balaban J connectivity index is 1.85. The van der Waals surface area contributed by atoms with E-state index in [-0.39, 0.29) is 17.5 Å². The number of aryl methyl sites for hydroxylation is 3. The molecule has 7 nitrogen and oxygen atoms in total. The molecule has 24 heavy (non-hydrogen) atoms. The second-order valence-electron chi connectivity index (χ2n) is 6.15. The van der Waals surface area contributed by atoms with Gasteiger partial charge in [0.2, 0.25) is 0 Å². The van der Waals surface area contributed by atoms with Crippen LogP contribution in [-0.4, -0.2) is 24.0 Å². The molecule has 1 fully saturated rings. The molecule has 0 aromatic carbocycles. The van der Waals surface area contributed by atoms with E-state index in [1.165, 1.54) is 0 Å². The summed E-state index contributed by atoms with van der Waals surface area (Å²) in [6.45, 7) is 7.03. The molecule has 3 heterocycles. The highest BCUT2D eigenvalue weighted by Crippen LogP contribution is 2.24. The molecule has 1 aliphatic heterocycles. The molecule has 2 aromatic heterocycles. The predicted octanol–water partition coefficient (Wildman–Crippen LogP) is 2.27. The van der Waals surface area contributed by atoms with Crippen LogP contribution < -0.4 is 16.3 Å². The van der Waals surface area contributed by atoms with Gasteiger partial charge < -0.3 is 14.2 Å². The Morgan fingerprint density at radius 2 is 2.12 bits per heavy atom. The maximum absolute atomic E-state index is 12.4. The molecule has 0 spiro atoms. The van der Waals surface area contributed by atoms with Crippen molar-refractivity contribution in [1.29, 1.82) is 0 Å². The van der Waals surface area contributed by atoms with E-state index >= 15 is 0 Å². The molecule has 0 bridgehead atoms. The summed E-state index contributed by atoms with van der Waals surface area (Å²) in [7, 11) is 0. The lowest BCUT2D eigenvalue weighted by Gasteiger charge is -2.22. The minimum Gasteiger partial charge on any atom is -0.428 e. The Bertz CT molecular complexity index is 796. The normalized spacial score (nSPS) is 17.7. The third kappa shape index (κ3) is 3.26. The van der Waals surface area contributed by atoms with Crippen molar-refractivity contribution < 1.29 is 13.6 Å².